The number of nitrogens with one attached hydrogen (secondary N) is 1. The molecule has 2 aromatic rings. The van der Waals surface area contributed by atoms with Gasteiger partial charge in [-0.3, -0.25) is 0 Å². The maximum Gasteiger partial charge on any atom is 0.119 e. The Labute approximate surface area is 121 Å². The molecule has 0 radical (unpaired) electrons. The van der Waals surface area contributed by atoms with Gasteiger partial charge < -0.3 is 10.1 Å². The van der Waals surface area contributed by atoms with Gasteiger partial charge in [0.1, 0.15) is 5.75 Å². The molecule has 0 aliphatic heterocycles. The van der Waals surface area contributed by atoms with Crippen LogP contribution in [0.3, 0.4) is 0 Å². The number of benzene rings is 2. The molecule has 0 amide bonds. The van der Waals surface area contributed by atoms with Crippen molar-refractivity contribution in [2.45, 2.75) is 32.9 Å². The minimum atomic E-state index is 0.211. The molecule has 2 heteroatoms. The zero-order valence-electron chi connectivity index (χ0n) is 12.7. The lowest BCUT2D eigenvalue weighted by Gasteiger charge is -2.12. The molecule has 0 fully saturated rings. The van der Waals surface area contributed by atoms with Crippen molar-refractivity contribution < 1.29 is 4.74 Å². The summed E-state index contributed by atoms with van der Waals surface area (Å²) in [7, 11) is 1.98. The maximum absolute atomic E-state index is 5.66. The molecule has 2 rings (SSSR count). The van der Waals surface area contributed by atoms with Crippen LogP contribution in [0.25, 0.3) is 11.1 Å². The van der Waals surface area contributed by atoms with Gasteiger partial charge in [-0.05, 0) is 56.6 Å². The predicted molar refractivity (Wildman–Crippen MR) is 85.1 cm³/mol. The van der Waals surface area contributed by atoms with E-state index in [4.69, 9.17) is 4.74 Å². The van der Waals surface area contributed by atoms with Crippen molar-refractivity contribution >= 4 is 0 Å². The Morgan fingerprint density at radius 2 is 1.30 bits per heavy atom. The summed E-state index contributed by atoms with van der Waals surface area (Å²) < 4.78 is 5.66. The highest BCUT2D eigenvalue weighted by atomic mass is 16.5. The second-order valence-corrected chi connectivity index (χ2v) is 5.32. The highest BCUT2D eigenvalue weighted by Gasteiger charge is 2.04. The van der Waals surface area contributed by atoms with Crippen LogP contribution in [-0.2, 0) is 0 Å². The lowest BCUT2D eigenvalue weighted by Crippen LogP contribution is -2.11. The van der Waals surface area contributed by atoms with Gasteiger partial charge in [-0.2, -0.15) is 0 Å². The second-order valence-electron chi connectivity index (χ2n) is 5.32. The van der Waals surface area contributed by atoms with E-state index in [1.807, 2.05) is 33.0 Å². The number of hydrogen-bond donors (Lipinski definition) is 1. The molecule has 0 spiro atoms. The van der Waals surface area contributed by atoms with E-state index < -0.39 is 0 Å². The fourth-order valence-corrected chi connectivity index (χ4v) is 2.13. The third kappa shape index (κ3) is 3.61. The van der Waals surface area contributed by atoms with E-state index in [-0.39, 0.29) is 6.10 Å². The van der Waals surface area contributed by atoms with Gasteiger partial charge in [-0.15, -0.1) is 0 Å². The van der Waals surface area contributed by atoms with Gasteiger partial charge in [-0.25, -0.2) is 0 Å². The topological polar surface area (TPSA) is 21.3 Å². The lowest BCUT2D eigenvalue weighted by atomic mass is 10.0. The Hall–Kier alpha value is -1.80. The van der Waals surface area contributed by atoms with Crippen LogP contribution in [0.4, 0.5) is 0 Å². The minimum Gasteiger partial charge on any atom is -0.491 e. The predicted octanol–water partition coefficient (Wildman–Crippen LogP) is 4.42. The molecule has 2 aromatic carbocycles. The quantitative estimate of drug-likeness (QED) is 0.867. The summed E-state index contributed by atoms with van der Waals surface area (Å²) in [5.41, 5.74) is 3.74. The van der Waals surface area contributed by atoms with Crippen LogP contribution in [0.1, 0.15) is 32.4 Å². The number of ether oxygens (including phenoxy) is 1. The second kappa shape index (κ2) is 6.58. The third-order valence-corrected chi connectivity index (χ3v) is 3.40. The minimum absolute atomic E-state index is 0.211. The first kappa shape index (κ1) is 14.6. The lowest BCUT2D eigenvalue weighted by molar-refractivity contribution is 0.242. The summed E-state index contributed by atoms with van der Waals surface area (Å²) >= 11 is 0. The molecule has 0 saturated heterocycles. The first-order chi connectivity index (χ1) is 9.60. The summed E-state index contributed by atoms with van der Waals surface area (Å²) in [6.45, 7) is 6.23. The molecule has 1 N–H and O–H groups in total. The van der Waals surface area contributed by atoms with Crippen LogP contribution in [0.15, 0.2) is 48.5 Å². The van der Waals surface area contributed by atoms with E-state index in [0.717, 1.165) is 5.75 Å². The van der Waals surface area contributed by atoms with E-state index in [1.54, 1.807) is 0 Å². The van der Waals surface area contributed by atoms with Crippen LogP contribution in [0, 0.1) is 0 Å². The van der Waals surface area contributed by atoms with Crippen LogP contribution in [-0.4, -0.2) is 13.2 Å². The van der Waals surface area contributed by atoms with E-state index in [2.05, 4.69) is 48.6 Å². The first-order valence-corrected chi connectivity index (χ1v) is 7.14. The molecule has 106 valence electrons. The monoisotopic (exact) mass is 269 g/mol. The van der Waals surface area contributed by atoms with Gasteiger partial charge in [0.25, 0.3) is 0 Å². The SMILES string of the molecule is CNC(C)c1ccc(-c2ccc(OC(C)C)cc2)cc1. The number of rotatable bonds is 5. The Kier molecular flexibility index (Phi) is 4.80. The Balaban J connectivity index is 2.15. The largest absolute Gasteiger partial charge is 0.491 e. The normalized spacial score (nSPS) is 12.4. The Morgan fingerprint density at radius 3 is 1.75 bits per heavy atom. The molecule has 2 nitrogen and oxygen atoms in total. The molecule has 0 aliphatic carbocycles. The maximum atomic E-state index is 5.66. The van der Waals surface area contributed by atoms with Gasteiger partial charge in [-0.1, -0.05) is 36.4 Å². The van der Waals surface area contributed by atoms with Crippen molar-refractivity contribution in [2.75, 3.05) is 7.05 Å². The smallest absolute Gasteiger partial charge is 0.119 e. The van der Waals surface area contributed by atoms with Crippen LogP contribution < -0.4 is 10.1 Å². The van der Waals surface area contributed by atoms with Crippen molar-refractivity contribution in [3.63, 3.8) is 0 Å². The molecule has 20 heavy (non-hydrogen) atoms. The highest BCUT2D eigenvalue weighted by Crippen LogP contribution is 2.24. The third-order valence-electron chi connectivity index (χ3n) is 3.40. The average molecular weight is 269 g/mol. The molecule has 0 bridgehead atoms. The summed E-state index contributed by atoms with van der Waals surface area (Å²) in [5.74, 6) is 0.921. The molecule has 1 atom stereocenters. The average Bonchev–Trinajstić information content (AvgIpc) is 2.47. The van der Waals surface area contributed by atoms with Gasteiger partial charge >= 0.3 is 0 Å². The molecule has 0 aliphatic rings. The molecular weight excluding hydrogens is 246 g/mol. The van der Waals surface area contributed by atoms with Crippen molar-refractivity contribution in [1.29, 1.82) is 0 Å². The van der Waals surface area contributed by atoms with Crippen molar-refractivity contribution in [2.24, 2.45) is 0 Å². The van der Waals surface area contributed by atoms with Gasteiger partial charge in [0.05, 0.1) is 6.10 Å². The standard InChI is InChI=1S/C18H23NO/c1-13(2)20-18-11-9-17(10-12-18)16-7-5-15(6-8-16)14(3)19-4/h5-14,19H,1-4H3. The fraction of sp³-hybridized carbons (Fsp3) is 0.333. The zero-order valence-corrected chi connectivity index (χ0v) is 12.7. The summed E-state index contributed by atoms with van der Waals surface area (Å²) in [4.78, 5) is 0. The van der Waals surface area contributed by atoms with Crippen molar-refractivity contribution in [3.8, 4) is 16.9 Å². The van der Waals surface area contributed by atoms with Crippen LogP contribution >= 0.6 is 0 Å². The van der Waals surface area contributed by atoms with Crippen LogP contribution in [0.5, 0.6) is 5.75 Å². The van der Waals surface area contributed by atoms with E-state index in [1.165, 1.54) is 16.7 Å². The Morgan fingerprint density at radius 1 is 0.800 bits per heavy atom. The van der Waals surface area contributed by atoms with Crippen molar-refractivity contribution in [3.05, 3.63) is 54.1 Å². The molecule has 0 aromatic heterocycles. The summed E-state index contributed by atoms with van der Waals surface area (Å²) in [5, 5.41) is 3.25. The fourth-order valence-electron chi connectivity index (χ4n) is 2.13. The molecule has 1 unspecified atom stereocenters. The van der Waals surface area contributed by atoms with Gasteiger partial charge in [0.2, 0.25) is 0 Å². The first-order valence-electron chi connectivity index (χ1n) is 7.14. The van der Waals surface area contributed by atoms with Crippen molar-refractivity contribution in [1.82, 2.24) is 5.32 Å². The molecular formula is C18H23NO. The zero-order chi connectivity index (χ0) is 14.5. The molecule has 0 heterocycles. The Bertz CT molecular complexity index is 528. The van der Waals surface area contributed by atoms with Crippen LogP contribution in [0.2, 0.25) is 0 Å². The highest BCUT2D eigenvalue weighted by molar-refractivity contribution is 5.64. The van der Waals surface area contributed by atoms with Gasteiger partial charge in [0, 0.05) is 6.04 Å². The number of hydrogen-bond acceptors (Lipinski definition) is 2. The van der Waals surface area contributed by atoms with Gasteiger partial charge in [0.15, 0.2) is 0 Å². The summed E-state index contributed by atoms with van der Waals surface area (Å²) in [6.07, 6.45) is 0.211. The van der Waals surface area contributed by atoms with E-state index in [0.29, 0.717) is 6.04 Å². The summed E-state index contributed by atoms with van der Waals surface area (Å²) in [6, 6.07) is 17.3. The van der Waals surface area contributed by atoms with E-state index in [9.17, 15) is 0 Å². The van der Waals surface area contributed by atoms with E-state index >= 15 is 0 Å². The molecule has 0 saturated carbocycles.